The van der Waals surface area contributed by atoms with Crippen molar-refractivity contribution >= 4 is 18.7 Å². The Morgan fingerprint density at radius 3 is 2.69 bits per heavy atom. The second kappa shape index (κ2) is 4.18. The summed E-state index contributed by atoms with van der Waals surface area (Å²) in [6, 6.07) is 0. The molecule has 0 spiro atoms. The Bertz CT molecular complexity index is 260. The molecule has 0 amide bonds. The molecule has 0 heterocycles. The van der Waals surface area contributed by atoms with Gasteiger partial charge in [-0.3, -0.25) is 0 Å². The van der Waals surface area contributed by atoms with E-state index in [2.05, 4.69) is 0 Å². The van der Waals surface area contributed by atoms with Crippen molar-refractivity contribution in [3.63, 3.8) is 0 Å². The van der Waals surface area contributed by atoms with Gasteiger partial charge in [0.2, 0.25) is 0 Å². The Morgan fingerprint density at radius 2 is 2.23 bits per heavy atom. The Hall–Kier alpha value is -0.445. The molecule has 1 atom stereocenters. The molecule has 0 aromatic heterocycles. The van der Waals surface area contributed by atoms with E-state index in [1.165, 1.54) is 7.11 Å². The summed E-state index contributed by atoms with van der Waals surface area (Å²) >= 11 is 5.82. The van der Waals surface area contributed by atoms with Crippen molar-refractivity contribution in [2.75, 3.05) is 7.11 Å². The zero-order valence-corrected chi connectivity index (χ0v) is 8.38. The highest BCUT2D eigenvalue weighted by atomic mass is 35.5. The van der Waals surface area contributed by atoms with E-state index in [9.17, 15) is 0 Å². The average molecular weight is 202 g/mol. The second-order valence-corrected chi connectivity index (χ2v) is 3.58. The molecule has 0 radical (unpaired) electrons. The maximum Gasteiger partial charge on any atom is 0.491 e. The maximum atomic E-state index is 9.03. The van der Waals surface area contributed by atoms with E-state index in [4.69, 9.17) is 26.4 Å². The minimum atomic E-state index is -1.52. The van der Waals surface area contributed by atoms with Crippen molar-refractivity contribution < 1.29 is 14.8 Å². The van der Waals surface area contributed by atoms with Gasteiger partial charge in [0.25, 0.3) is 0 Å². The fourth-order valence-corrected chi connectivity index (χ4v) is 1.84. The van der Waals surface area contributed by atoms with Crippen LogP contribution < -0.4 is 0 Å². The van der Waals surface area contributed by atoms with Gasteiger partial charge >= 0.3 is 7.12 Å². The van der Waals surface area contributed by atoms with Crippen LogP contribution in [0.3, 0.4) is 0 Å². The van der Waals surface area contributed by atoms with Gasteiger partial charge in [0.1, 0.15) is 0 Å². The van der Waals surface area contributed by atoms with E-state index in [1.54, 1.807) is 6.08 Å². The number of hydrogen-bond donors (Lipinski definition) is 2. The van der Waals surface area contributed by atoms with Crippen LogP contribution in [0.1, 0.15) is 13.3 Å². The van der Waals surface area contributed by atoms with Crippen LogP contribution in [0.15, 0.2) is 22.3 Å². The summed E-state index contributed by atoms with van der Waals surface area (Å²) in [5, 5.41) is 18.7. The molecular formula is C8H12BClO3. The number of methoxy groups -OCH3 is 1. The normalized spacial score (nSPS) is 22.8. The smallest absolute Gasteiger partial charge is 0.491 e. The van der Waals surface area contributed by atoms with Crippen molar-refractivity contribution in [2.45, 2.75) is 13.3 Å². The van der Waals surface area contributed by atoms with Gasteiger partial charge in [0.05, 0.1) is 12.9 Å². The molecule has 1 aliphatic rings. The van der Waals surface area contributed by atoms with Crippen LogP contribution in [0.5, 0.6) is 0 Å². The Kier molecular flexibility index (Phi) is 3.42. The highest BCUT2D eigenvalue weighted by molar-refractivity contribution is 6.52. The van der Waals surface area contributed by atoms with Gasteiger partial charge in [-0.05, 0) is 12.5 Å². The molecule has 0 saturated heterocycles. The quantitative estimate of drug-likeness (QED) is 0.659. The van der Waals surface area contributed by atoms with Crippen molar-refractivity contribution in [3.05, 3.63) is 22.3 Å². The van der Waals surface area contributed by atoms with Crippen LogP contribution >= 0.6 is 11.6 Å². The molecular weight excluding hydrogens is 190 g/mol. The molecule has 2 N–H and O–H groups in total. The minimum Gasteiger partial charge on any atom is -0.501 e. The number of halogens is 1. The summed E-state index contributed by atoms with van der Waals surface area (Å²) in [7, 11) is -0.00665. The van der Waals surface area contributed by atoms with E-state index in [0.29, 0.717) is 22.7 Å². The lowest BCUT2D eigenvalue weighted by Crippen LogP contribution is -2.22. The average Bonchev–Trinajstić information content (AvgIpc) is 2.02. The zero-order valence-electron chi connectivity index (χ0n) is 7.62. The van der Waals surface area contributed by atoms with E-state index in [-0.39, 0.29) is 5.92 Å². The van der Waals surface area contributed by atoms with Crippen LogP contribution in [0.4, 0.5) is 0 Å². The molecule has 0 aromatic carbocycles. The third-order valence-corrected chi connectivity index (χ3v) is 2.31. The van der Waals surface area contributed by atoms with Gasteiger partial charge in [0.15, 0.2) is 0 Å². The number of rotatable bonds is 2. The second-order valence-electron chi connectivity index (χ2n) is 3.09. The van der Waals surface area contributed by atoms with Gasteiger partial charge in [-0.1, -0.05) is 18.5 Å². The predicted molar refractivity (Wildman–Crippen MR) is 51.9 cm³/mol. The lowest BCUT2D eigenvalue weighted by molar-refractivity contribution is 0.241. The van der Waals surface area contributed by atoms with E-state index >= 15 is 0 Å². The number of hydrogen-bond acceptors (Lipinski definition) is 3. The van der Waals surface area contributed by atoms with Gasteiger partial charge in [-0.25, -0.2) is 0 Å². The van der Waals surface area contributed by atoms with E-state index in [1.807, 2.05) is 6.92 Å². The molecule has 1 rings (SSSR count). The van der Waals surface area contributed by atoms with Crippen LogP contribution in [0, 0.1) is 5.92 Å². The van der Waals surface area contributed by atoms with Gasteiger partial charge < -0.3 is 14.8 Å². The zero-order chi connectivity index (χ0) is 10.0. The molecule has 0 bridgehead atoms. The Morgan fingerprint density at radius 1 is 1.62 bits per heavy atom. The molecule has 13 heavy (non-hydrogen) atoms. The Balaban J connectivity index is 3.05. The molecule has 1 unspecified atom stereocenters. The monoisotopic (exact) mass is 202 g/mol. The first kappa shape index (κ1) is 10.6. The minimum absolute atomic E-state index is 0.0966. The third-order valence-electron chi connectivity index (χ3n) is 2.04. The molecule has 0 saturated carbocycles. The predicted octanol–water partition coefficient (Wildman–Crippen LogP) is 1.06. The highest BCUT2D eigenvalue weighted by Gasteiger charge is 2.27. The van der Waals surface area contributed by atoms with Crippen LogP contribution in [-0.2, 0) is 4.74 Å². The maximum absolute atomic E-state index is 9.03. The largest absolute Gasteiger partial charge is 0.501 e. The lowest BCUT2D eigenvalue weighted by atomic mass is 9.73. The van der Waals surface area contributed by atoms with Crippen molar-refractivity contribution in [3.8, 4) is 0 Å². The van der Waals surface area contributed by atoms with Crippen molar-refractivity contribution in [1.29, 1.82) is 0 Å². The first-order chi connectivity index (χ1) is 6.06. The van der Waals surface area contributed by atoms with Crippen LogP contribution in [0.2, 0.25) is 0 Å². The molecule has 5 heteroatoms. The number of allylic oxidation sites excluding steroid dienone is 4. The Labute approximate surface area is 82.8 Å². The van der Waals surface area contributed by atoms with E-state index < -0.39 is 7.12 Å². The third kappa shape index (κ3) is 2.27. The summed E-state index contributed by atoms with van der Waals surface area (Å²) in [6.45, 7) is 1.93. The summed E-state index contributed by atoms with van der Waals surface area (Å²) in [4.78, 5) is 0. The van der Waals surface area contributed by atoms with Gasteiger partial charge in [-0.2, -0.15) is 0 Å². The lowest BCUT2D eigenvalue weighted by Gasteiger charge is -2.22. The molecule has 0 aliphatic heterocycles. The van der Waals surface area contributed by atoms with Crippen molar-refractivity contribution in [2.24, 2.45) is 5.92 Å². The summed E-state index contributed by atoms with van der Waals surface area (Å²) in [5.74, 6) is 0.693. The topological polar surface area (TPSA) is 49.7 Å². The SMILES string of the molecule is COC1=C(B(O)O)C=C(Cl)CC1C. The summed E-state index contributed by atoms with van der Waals surface area (Å²) in [6.07, 6.45) is 2.23. The fourth-order valence-electron chi connectivity index (χ4n) is 1.49. The molecule has 3 nitrogen and oxygen atoms in total. The van der Waals surface area contributed by atoms with Crippen molar-refractivity contribution in [1.82, 2.24) is 0 Å². The highest BCUT2D eigenvalue weighted by Crippen LogP contribution is 2.31. The first-order valence-electron chi connectivity index (χ1n) is 4.06. The molecule has 0 aromatic rings. The summed E-state index contributed by atoms with van der Waals surface area (Å²) < 4.78 is 5.08. The van der Waals surface area contributed by atoms with Gasteiger partial charge in [0, 0.05) is 16.4 Å². The number of ether oxygens (including phenoxy) is 1. The first-order valence-corrected chi connectivity index (χ1v) is 4.44. The van der Waals surface area contributed by atoms with Gasteiger partial charge in [-0.15, -0.1) is 0 Å². The summed E-state index contributed by atoms with van der Waals surface area (Å²) in [5.41, 5.74) is 0.353. The fraction of sp³-hybridized carbons (Fsp3) is 0.500. The standard InChI is InChI=1S/C8H12BClO3/c1-5-3-6(10)4-7(9(11)12)8(5)13-2/h4-5,11-12H,3H2,1-2H3. The van der Waals surface area contributed by atoms with Crippen LogP contribution in [-0.4, -0.2) is 24.3 Å². The molecule has 1 aliphatic carbocycles. The molecule has 72 valence electrons. The van der Waals surface area contributed by atoms with E-state index in [0.717, 1.165) is 0 Å². The molecule has 0 fully saturated rings. The van der Waals surface area contributed by atoms with Crippen LogP contribution in [0.25, 0.3) is 0 Å².